The Labute approximate surface area is 121 Å². The molecule has 108 valence electrons. The fourth-order valence-electron chi connectivity index (χ4n) is 2.79. The van der Waals surface area contributed by atoms with Crippen LogP contribution in [0.1, 0.15) is 38.8 Å². The summed E-state index contributed by atoms with van der Waals surface area (Å²) in [4.78, 5) is 14.3. The molecule has 1 aromatic rings. The summed E-state index contributed by atoms with van der Waals surface area (Å²) in [5.41, 5.74) is 3.89. The van der Waals surface area contributed by atoms with Gasteiger partial charge in [0, 0.05) is 12.6 Å². The highest BCUT2D eigenvalue weighted by molar-refractivity contribution is 5.76. The molecule has 0 fully saturated rings. The summed E-state index contributed by atoms with van der Waals surface area (Å²) in [6.07, 6.45) is 0.760. The normalized spacial score (nSPS) is 21.7. The van der Waals surface area contributed by atoms with Crippen molar-refractivity contribution < 1.29 is 9.53 Å². The van der Waals surface area contributed by atoms with Gasteiger partial charge < -0.3 is 4.74 Å². The Morgan fingerprint density at radius 1 is 1.25 bits per heavy atom. The molecule has 0 aliphatic carbocycles. The minimum Gasteiger partial charge on any atom is -0.468 e. The van der Waals surface area contributed by atoms with Crippen LogP contribution in [0.2, 0.25) is 0 Å². The van der Waals surface area contributed by atoms with Gasteiger partial charge in [-0.1, -0.05) is 41.5 Å². The number of esters is 1. The minimum absolute atomic E-state index is 0.139. The SMILES string of the molecule is COC(=O)C1CC(C)=C(C)CN1C(C)c1ccccc1. The second-order valence-corrected chi connectivity index (χ2v) is 5.56. The summed E-state index contributed by atoms with van der Waals surface area (Å²) in [5.74, 6) is -0.139. The largest absolute Gasteiger partial charge is 0.468 e. The van der Waals surface area contributed by atoms with Crippen LogP contribution in [0.15, 0.2) is 41.5 Å². The van der Waals surface area contributed by atoms with E-state index in [1.807, 2.05) is 18.2 Å². The first-order chi connectivity index (χ1) is 9.54. The number of ether oxygens (including phenoxy) is 1. The van der Waals surface area contributed by atoms with Gasteiger partial charge >= 0.3 is 5.97 Å². The fraction of sp³-hybridized carbons (Fsp3) is 0.471. The van der Waals surface area contributed by atoms with E-state index in [4.69, 9.17) is 4.74 Å². The van der Waals surface area contributed by atoms with Gasteiger partial charge in [-0.25, -0.2) is 0 Å². The standard InChI is InChI=1S/C17H23NO2/c1-12-10-16(17(19)20-4)18(11-13(12)2)14(3)15-8-6-5-7-9-15/h5-9,14,16H,10-11H2,1-4H3. The molecule has 0 radical (unpaired) electrons. The van der Waals surface area contributed by atoms with Gasteiger partial charge in [0.2, 0.25) is 0 Å². The maximum atomic E-state index is 12.1. The van der Waals surface area contributed by atoms with Gasteiger partial charge in [-0.2, -0.15) is 0 Å². The zero-order valence-corrected chi connectivity index (χ0v) is 12.7. The van der Waals surface area contributed by atoms with E-state index in [2.05, 4.69) is 37.8 Å². The number of methoxy groups -OCH3 is 1. The van der Waals surface area contributed by atoms with E-state index in [0.717, 1.165) is 13.0 Å². The zero-order valence-electron chi connectivity index (χ0n) is 12.7. The average molecular weight is 273 g/mol. The lowest BCUT2D eigenvalue weighted by molar-refractivity contribution is -0.148. The number of carbonyl (C=O) groups excluding carboxylic acids is 1. The van der Waals surface area contributed by atoms with E-state index >= 15 is 0 Å². The molecule has 2 atom stereocenters. The fourth-order valence-corrected chi connectivity index (χ4v) is 2.79. The molecule has 0 spiro atoms. The lowest BCUT2D eigenvalue weighted by atomic mass is 9.93. The molecule has 0 amide bonds. The molecule has 3 nitrogen and oxygen atoms in total. The van der Waals surface area contributed by atoms with Crippen LogP contribution >= 0.6 is 0 Å². The number of carbonyl (C=O) groups is 1. The van der Waals surface area contributed by atoms with Gasteiger partial charge in [0.05, 0.1) is 7.11 Å². The van der Waals surface area contributed by atoms with Crippen molar-refractivity contribution in [2.45, 2.75) is 39.3 Å². The Morgan fingerprint density at radius 3 is 2.50 bits per heavy atom. The first-order valence-corrected chi connectivity index (χ1v) is 7.08. The van der Waals surface area contributed by atoms with Gasteiger partial charge in [0.25, 0.3) is 0 Å². The molecule has 1 aromatic carbocycles. The zero-order chi connectivity index (χ0) is 14.7. The van der Waals surface area contributed by atoms with Crippen LogP contribution < -0.4 is 0 Å². The molecular formula is C17H23NO2. The Morgan fingerprint density at radius 2 is 1.90 bits per heavy atom. The first-order valence-electron chi connectivity index (χ1n) is 7.08. The van der Waals surface area contributed by atoms with Crippen molar-refractivity contribution in [1.82, 2.24) is 4.90 Å². The van der Waals surface area contributed by atoms with Gasteiger partial charge in [-0.3, -0.25) is 9.69 Å². The number of hydrogen-bond acceptors (Lipinski definition) is 3. The van der Waals surface area contributed by atoms with Crippen LogP contribution in [-0.4, -0.2) is 30.6 Å². The predicted molar refractivity (Wildman–Crippen MR) is 80.4 cm³/mol. The molecule has 1 heterocycles. The summed E-state index contributed by atoms with van der Waals surface area (Å²) < 4.78 is 4.99. The molecule has 0 aromatic heterocycles. The molecular weight excluding hydrogens is 250 g/mol. The van der Waals surface area contributed by atoms with Gasteiger partial charge in [-0.05, 0) is 32.8 Å². The molecule has 0 saturated heterocycles. The molecule has 0 bridgehead atoms. The summed E-state index contributed by atoms with van der Waals surface area (Å²) in [7, 11) is 1.47. The topological polar surface area (TPSA) is 29.5 Å². The molecule has 2 unspecified atom stereocenters. The lowest BCUT2D eigenvalue weighted by Gasteiger charge is -2.39. The average Bonchev–Trinajstić information content (AvgIpc) is 2.49. The maximum absolute atomic E-state index is 12.1. The highest BCUT2D eigenvalue weighted by Crippen LogP contribution is 2.31. The molecule has 0 N–H and O–H groups in total. The van der Waals surface area contributed by atoms with Crippen molar-refractivity contribution in [2.75, 3.05) is 13.7 Å². The highest BCUT2D eigenvalue weighted by atomic mass is 16.5. The van der Waals surface area contributed by atoms with Crippen molar-refractivity contribution >= 4 is 5.97 Å². The summed E-state index contributed by atoms with van der Waals surface area (Å²) in [5, 5.41) is 0. The molecule has 1 aliphatic rings. The molecule has 0 saturated carbocycles. The second-order valence-electron chi connectivity index (χ2n) is 5.56. The molecule has 3 heteroatoms. The van der Waals surface area contributed by atoms with Crippen molar-refractivity contribution in [1.29, 1.82) is 0 Å². The smallest absolute Gasteiger partial charge is 0.323 e. The van der Waals surface area contributed by atoms with Gasteiger partial charge in [-0.15, -0.1) is 0 Å². The van der Waals surface area contributed by atoms with E-state index in [1.54, 1.807) is 0 Å². The predicted octanol–water partition coefficient (Wildman–Crippen LogP) is 3.33. The molecule has 20 heavy (non-hydrogen) atoms. The number of hydrogen-bond donors (Lipinski definition) is 0. The van der Waals surface area contributed by atoms with Crippen molar-refractivity contribution in [3.05, 3.63) is 47.0 Å². The summed E-state index contributed by atoms with van der Waals surface area (Å²) in [6.45, 7) is 7.23. The quantitative estimate of drug-likeness (QED) is 0.625. The van der Waals surface area contributed by atoms with Crippen LogP contribution in [0.25, 0.3) is 0 Å². The third-order valence-corrected chi connectivity index (χ3v) is 4.30. The van der Waals surface area contributed by atoms with E-state index in [0.29, 0.717) is 0 Å². The lowest BCUT2D eigenvalue weighted by Crippen LogP contribution is -2.46. The van der Waals surface area contributed by atoms with Gasteiger partial charge in [0.1, 0.15) is 6.04 Å². The Bertz CT molecular complexity index is 507. The minimum atomic E-state index is -0.182. The number of benzene rings is 1. The van der Waals surface area contributed by atoms with Crippen LogP contribution in [0, 0.1) is 0 Å². The Kier molecular flexibility index (Phi) is 4.61. The summed E-state index contributed by atoms with van der Waals surface area (Å²) in [6, 6.07) is 10.3. The van der Waals surface area contributed by atoms with E-state index in [1.165, 1.54) is 23.8 Å². The van der Waals surface area contributed by atoms with Crippen LogP contribution in [-0.2, 0) is 9.53 Å². The van der Waals surface area contributed by atoms with Gasteiger partial charge in [0.15, 0.2) is 0 Å². The monoisotopic (exact) mass is 273 g/mol. The third-order valence-electron chi connectivity index (χ3n) is 4.30. The van der Waals surface area contributed by atoms with Crippen LogP contribution in [0.3, 0.4) is 0 Å². The van der Waals surface area contributed by atoms with Crippen LogP contribution in [0.5, 0.6) is 0 Å². The highest BCUT2D eigenvalue weighted by Gasteiger charge is 2.34. The maximum Gasteiger partial charge on any atom is 0.323 e. The van der Waals surface area contributed by atoms with E-state index < -0.39 is 0 Å². The third kappa shape index (κ3) is 2.93. The van der Waals surface area contributed by atoms with Crippen LogP contribution in [0.4, 0.5) is 0 Å². The van der Waals surface area contributed by atoms with E-state index in [-0.39, 0.29) is 18.1 Å². The molecule has 1 aliphatic heterocycles. The number of rotatable bonds is 3. The number of nitrogens with zero attached hydrogens (tertiary/aromatic N) is 1. The second kappa shape index (κ2) is 6.23. The van der Waals surface area contributed by atoms with Crippen molar-refractivity contribution in [3.63, 3.8) is 0 Å². The molecule has 2 rings (SSSR count). The Hall–Kier alpha value is -1.61. The van der Waals surface area contributed by atoms with Crippen molar-refractivity contribution in [3.8, 4) is 0 Å². The Balaban J connectivity index is 2.29. The first kappa shape index (κ1) is 14.8. The summed E-state index contributed by atoms with van der Waals surface area (Å²) >= 11 is 0. The van der Waals surface area contributed by atoms with Crippen molar-refractivity contribution in [2.24, 2.45) is 0 Å². The van der Waals surface area contributed by atoms with E-state index in [9.17, 15) is 4.79 Å².